The van der Waals surface area contributed by atoms with Crippen molar-refractivity contribution >= 4 is 44.6 Å². The van der Waals surface area contributed by atoms with Crippen molar-refractivity contribution in [2.24, 2.45) is 0 Å². The van der Waals surface area contributed by atoms with Crippen LogP contribution in [0.25, 0.3) is 0 Å². The van der Waals surface area contributed by atoms with E-state index in [0.29, 0.717) is 28.7 Å². The number of carbonyl (C=O) groups is 1. The average molecular weight is 449 g/mol. The zero-order chi connectivity index (χ0) is 20.4. The van der Waals surface area contributed by atoms with Crippen LogP contribution in [0.3, 0.4) is 0 Å². The Morgan fingerprint density at radius 2 is 1.83 bits per heavy atom. The van der Waals surface area contributed by atoms with Gasteiger partial charge in [-0.05, 0) is 49.2 Å². The van der Waals surface area contributed by atoms with E-state index in [0.717, 1.165) is 17.8 Å². The van der Waals surface area contributed by atoms with Gasteiger partial charge in [-0.3, -0.25) is 4.79 Å². The smallest absolute Gasteiger partial charge is 0.286 e. The molecule has 7 nitrogen and oxygen atoms in total. The molecule has 1 fully saturated rings. The van der Waals surface area contributed by atoms with Crippen molar-refractivity contribution in [1.29, 1.82) is 0 Å². The number of rotatable bonds is 5. The molecule has 1 aromatic heterocycles. The predicted octanol–water partition coefficient (Wildman–Crippen LogP) is 3.97. The van der Waals surface area contributed by atoms with Crippen molar-refractivity contribution in [2.75, 3.05) is 11.9 Å². The quantitative estimate of drug-likeness (QED) is 0.637. The van der Waals surface area contributed by atoms with Gasteiger partial charge in [0.15, 0.2) is 0 Å². The number of amides is 1. The van der Waals surface area contributed by atoms with Crippen molar-refractivity contribution in [3.05, 3.63) is 69.6 Å². The summed E-state index contributed by atoms with van der Waals surface area (Å²) in [7, 11) is -3.64. The average Bonchev–Trinajstić information content (AvgIpc) is 3.40. The minimum atomic E-state index is -3.64. The van der Waals surface area contributed by atoms with Gasteiger partial charge in [0, 0.05) is 17.3 Å². The molecule has 29 heavy (non-hydrogen) atoms. The molecule has 1 aliphatic rings. The Bertz CT molecular complexity index is 1120. The Hall–Kier alpha value is -2.33. The number of halogens is 1. The molecule has 0 radical (unpaired) electrons. The Morgan fingerprint density at radius 1 is 1.10 bits per heavy atom. The molecule has 0 spiro atoms. The number of hydrogen-bond donors (Lipinski definition) is 1. The Balaban J connectivity index is 1.54. The number of nitrogens with one attached hydrogen (secondary N) is 1. The first kappa shape index (κ1) is 20.0. The van der Waals surface area contributed by atoms with Gasteiger partial charge in [-0.15, -0.1) is 10.2 Å². The van der Waals surface area contributed by atoms with Crippen LogP contribution in [0.1, 0.15) is 33.7 Å². The van der Waals surface area contributed by atoms with Crippen molar-refractivity contribution in [3.63, 3.8) is 0 Å². The zero-order valence-corrected chi connectivity index (χ0v) is 17.5. The standard InChI is InChI=1S/C19H17ClN4O3S2/c20-13-8-10-14(11-9-13)21-17(25)19-23-22-18(28-19)16-7-4-12-24(16)29(26,27)15-5-2-1-3-6-15/h1-3,5-6,8-11,16H,4,7,12H2,(H,21,25)/t16-/m1/s1. The number of sulfonamides is 1. The summed E-state index contributed by atoms with van der Waals surface area (Å²) in [4.78, 5) is 12.7. The Morgan fingerprint density at radius 3 is 2.55 bits per heavy atom. The van der Waals surface area contributed by atoms with Crippen LogP contribution < -0.4 is 5.32 Å². The summed E-state index contributed by atoms with van der Waals surface area (Å²) in [5.74, 6) is -0.397. The summed E-state index contributed by atoms with van der Waals surface area (Å²) in [6, 6.07) is 14.6. The molecule has 1 N–H and O–H groups in total. The molecule has 1 saturated heterocycles. The lowest BCUT2D eigenvalue weighted by molar-refractivity contribution is 0.102. The molecule has 0 unspecified atom stereocenters. The third-order valence-electron chi connectivity index (χ3n) is 4.58. The molecule has 1 aliphatic heterocycles. The van der Waals surface area contributed by atoms with Gasteiger partial charge < -0.3 is 5.32 Å². The molecule has 3 aromatic rings. The van der Waals surface area contributed by atoms with Crippen LogP contribution in [-0.2, 0) is 10.0 Å². The second kappa shape index (κ2) is 8.19. The molecular formula is C19H17ClN4O3S2. The van der Waals surface area contributed by atoms with Gasteiger partial charge in [-0.2, -0.15) is 4.31 Å². The van der Waals surface area contributed by atoms with Crippen LogP contribution in [0.5, 0.6) is 0 Å². The lowest BCUT2D eigenvalue weighted by Crippen LogP contribution is -2.30. The van der Waals surface area contributed by atoms with E-state index in [4.69, 9.17) is 11.6 Å². The fourth-order valence-corrected chi connectivity index (χ4v) is 5.94. The zero-order valence-electron chi connectivity index (χ0n) is 15.2. The highest BCUT2D eigenvalue weighted by atomic mass is 35.5. The van der Waals surface area contributed by atoms with Gasteiger partial charge in [-0.25, -0.2) is 8.42 Å². The lowest BCUT2D eigenvalue weighted by Gasteiger charge is -2.22. The fraction of sp³-hybridized carbons (Fsp3) is 0.211. The van der Waals surface area contributed by atoms with E-state index in [2.05, 4.69) is 15.5 Å². The monoisotopic (exact) mass is 448 g/mol. The lowest BCUT2D eigenvalue weighted by atomic mass is 10.2. The number of carbonyl (C=O) groups excluding carboxylic acids is 1. The summed E-state index contributed by atoms with van der Waals surface area (Å²) in [6.45, 7) is 0.410. The third-order valence-corrected chi connectivity index (χ3v) is 7.77. The molecule has 2 aromatic carbocycles. The second-order valence-electron chi connectivity index (χ2n) is 6.49. The van der Waals surface area contributed by atoms with Gasteiger partial charge >= 0.3 is 0 Å². The maximum absolute atomic E-state index is 13.0. The number of hydrogen-bond acceptors (Lipinski definition) is 6. The van der Waals surface area contributed by atoms with Crippen molar-refractivity contribution in [2.45, 2.75) is 23.8 Å². The van der Waals surface area contributed by atoms with E-state index in [-0.39, 0.29) is 9.90 Å². The number of nitrogens with zero attached hydrogens (tertiary/aromatic N) is 3. The summed E-state index contributed by atoms with van der Waals surface area (Å²) >= 11 is 6.96. The molecule has 10 heteroatoms. The van der Waals surface area contributed by atoms with Crippen LogP contribution in [0.15, 0.2) is 59.5 Å². The van der Waals surface area contributed by atoms with Crippen LogP contribution in [0.2, 0.25) is 5.02 Å². The number of aromatic nitrogens is 2. The maximum Gasteiger partial charge on any atom is 0.286 e. The van der Waals surface area contributed by atoms with Crippen LogP contribution in [-0.4, -0.2) is 35.4 Å². The molecule has 1 amide bonds. The normalized spacial score (nSPS) is 17.3. The number of benzene rings is 2. The summed E-state index contributed by atoms with van der Waals surface area (Å²) < 4.78 is 27.5. The van der Waals surface area contributed by atoms with E-state index < -0.39 is 22.0 Å². The van der Waals surface area contributed by atoms with Gasteiger partial charge in [-0.1, -0.05) is 41.1 Å². The summed E-state index contributed by atoms with van der Waals surface area (Å²) in [5.41, 5.74) is 0.588. The summed E-state index contributed by atoms with van der Waals surface area (Å²) in [5, 5.41) is 12.1. The van der Waals surface area contributed by atoms with Crippen molar-refractivity contribution in [3.8, 4) is 0 Å². The third kappa shape index (κ3) is 4.18. The summed E-state index contributed by atoms with van der Waals surface area (Å²) in [6.07, 6.45) is 1.36. The first-order valence-corrected chi connectivity index (χ1v) is 11.6. The molecule has 0 aliphatic carbocycles. The van der Waals surface area contributed by atoms with E-state index >= 15 is 0 Å². The largest absolute Gasteiger partial charge is 0.320 e. The van der Waals surface area contributed by atoms with Crippen LogP contribution in [0.4, 0.5) is 5.69 Å². The molecule has 0 saturated carbocycles. The van der Waals surface area contributed by atoms with E-state index in [1.165, 1.54) is 4.31 Å². The van der Waals surface area contributed by atoms with Crippen molar-refractivity contribution in [1.82, 2.24) is 14.5 Å². The molecule has 150 valence electrons. The van der Waals surface area contributed by atoms with Gasteiger partial charge in [0.25, 0.3) is 5.91 Å². The highest BCUT2D eigenvalue weighted by Crippen LogP contribution is 2.37. The first-order chi connectivity index (χ1) is 13.9. The second-order valence-corrected chi connectivity index (χ2v) is 9.83. The highest BCUT2D eigenvalue weighted by Gasteiger charge is 2.38. The fourth-order valence-electron chi connectivity index (χ4n) is 3.18. The van der Waals surface area contributed by atoms with Gasteiger partial charge in [0.1, 0.15) is 5.01 Å². The topological polar surface area (TPSA) is 92.3 Å². The number of anilines is 1. The Kier molecular flexibility index (Phi) is 5.64. The van der Waals surface area contributed by atoms with E-state index in [9.17, 15) is 13.2 Å². The van der Waals surface area contributed by atoms with Crippen LogP contribution in [0, 0.1) is 0 Å². The molecule has 0 bridgehead atoms. The predicted molar refractivity (Wildman–Crippen MR) is 112 cm³/mol. The molecule has 1 atom stereocenters. The SMILES string of the molecule is O=C(Nc1ccc(Cl)cc1)c1nnc([C@H]2CCCN2S(=O)(=O)c2ccccc2)s1. The minimum Gasteiger partial charge on any atom is -0.320 e. The molecular weight excluding hydrogens is 432 g/mol. The minimum absolute atomic E-state index is 0.180. The maximum atomic E-state index is 13.0. The van der Waals surface area contributed by atoms with Crippen molar-refractivity contribution < 1.29 is 13.2 Å². The van der Waals surface area contributed by atoms with Crippen LogP contribution >= 0.6 is 22.9 Å². The van der Waals surface area contributed by atoms with E-state index in [1.807, 2.05) is 0 Å². The first-order valence-electron chi connectivity index (χ1n) is 8.92. The highest BCUT2D eigenvalue weighted by molar-refractivity contribution is 7.89. The van der Waals surface area contributed by atoms with E-state index in [1.54, 1.807) is 54.6 Å². The Labute approximate surface area is 177 Å². The molecule has 2 heterocycles. The molecule has 4 rings (SSSR count). The van der Waals surface area contributed by atoms with Gasteiger partial charge in [0.2, 0.25) is 15.0 Å². The van der Waals surface area contributed by atoms with Gasteiger partial charge in [0.05, 0.1) is 10.9 Å².